The highest BCUT2D eigenvalue weighted by atomic mass is 16.5. The van der Waals surface area contributed by atoms with E-state index < -0.39 is 6.10 Å². The zero-order chi connectivity index (χ0) is 25.2. The van der Waals surface area contributed by atoms with Crippen LogP contribution in [0.15, 0.2) is 40.9 Å². The largest absolute Gasteiger partial charge is 0.490 e. The molecular formula is C27H29N5O4. The number of aromatic nitrogens is 2. The molecule has 0 unspecified atom stereocenters. The van der Waals surface area contributed by atoms with Gasteiger partial charge in [-0.15, -0.1) is 0 Å². The minimum absolute atomic E-state index is 0.0437. The number of nitrogens with zero attached hydrogens (tertiary/aromatic N) is 4. The van der Waals surface area contributed by atoms with Gasteiger partial charge in [-0.1, -0.05) is 23.4 Å². The molecule has 1 saturated heterocycles. The van der Waals surface area contributed by atoms with Gasteiger partial charge in [0.05, 0.1) is 23.8 Å². The van der Waals surface area contributed by atoms with Crippen LogP contribution in [-0.4, -0.2) is 51.5 Å². The highest BCUT2D eigenvalue weighted by Gasteiger charge is 2.29. The van der Waals surface area contributed by atoms with Crippen LogP contribution in [0.2, 0.25) is 0 Å². The quantitative estimate of drug-likeness (QED) is 0.552. The van der Waals surface area contributed by atoms with Gasteiger partial charge < -0.3 is 24.6 Å². The van der Waals surface area contributed by atoms with E-state index in [4.69, 9.17) is 9.26 Å². The van der Waals surface area contributed by atoms with Gasteiger partial charge in [0.2, 0.25) is 5.82 Å². The fourth-order valence-corrected chi connectivity index (χ4v) is 4.93. The Morgan fingerprint density at radius 1 is 1.31 bits per heavy atom. The fraction of sp³-hybridized carbons (Fsp3) is 0.407. The van der Waals surface area contributed by atoms with Crippen LogP contribution >= 0.6 is 0 Å². The van der Waals surface area contributed by atoms with Gasteiger partial charge in [-0.25, -0.2) is 4.79 Å². The molecule has 0 spiro atoms. The molecule has 3 aromatic rings. The number of hydrogen-bond donors (Lipinski definition) is 2. The molecule has 2 aromatic carbocycles. The van der Waals surface area contributed by atoms with E-state index in [1.807, 2.05) is 32.0 Å². The van der Waals surface area contributed by atoms with Gasteiger partial charge in [0, 0.05) is 24.2 Å². The summed E-state index contributed by atoms with van der Waals surface area (Å²) in [6.45, 7) is 4.75. The van der Waals surface area contributed by atoms with Crippen molar-refractivity contribution in [2.24, 2.45) is 0 Å². The number of nitrogens with one attached hydrogen (secondary N) is 1. The van der Waals surface area contributed by atoms with E-state index in [0.717, 1.165) is 36.0 Å². The number of likely N-dealkylation sites (tertiary alicyclic amines) is 1. The lowest BCUT2D eigenvalue weighted by atomic mass is 9.84. The van der Waals surface area contributed by atoms with Gasteiger partial charge in [0.25, 0.3) is 5.89 Å². The number of carbonyl (C=O) groups excluding carboxylic acids is 1. The Hall–Kier alpha value is -3.90. The van der Waals surface area contributed by atoms with Gasteiger partial charge in [-0.2, -0.15) is 10.2 Å². The average molecular weight is 488 g/mol. The van der Waals surface area contributed by atoms with Crippen LogP contribution in [0.25, 0.3) is 22.8 Å². The zero-order valence-corrected chi connectivity index (χ0v) is 20.4. The second kappa shape index (κ2) is 9.99. The number of benzene rings is 2. The summed E-state index contributed by atoms with van der Waals surface area (Å²) < 4.78 is 11.3. The monoisotopic (exact) mass is 487 g/mol. The molecule has 1 aliphatic carbocycles. The summed E-state index contributed by atoms with van der Waals surface area (Å²) in [5, 5.41) is 26.7. The normalized spacial score (nSPS) is 19.1. The summed E-state index contributed by atoms with van der Waals surface area (Å²) >= 11 is 0. The van der Waals surface area contributed by atoms with E-state index in [0.29, 0.717) is 48.1 Å². The van der Waals surface area contributed by atoms with Gasteiger partial charge in [-0.05, 0) is 68.9 Å². The predicted molar refractivity (Wildman–Crippen MR) is 132 cm³/mol. The summed E-state index contributed by atoms with van der Waals surface area (Å²) in [5.74, 6) is 1.31. The molecule has 2 aliphatic rings. The minimum atomic E-state index is -0.448. The van der Waals surface area contributed by atoms with E-state index in [-0.39, 0.29) is 18.2 Å². The molecule has 1 aromatic heterocycles. The zero-order valence-electron chi connectivity index (χ0n) is 20.4. The lowest BCUT2D eigenvalue weighted by molar-refractivity contribution is 0.170. The van der Waals surface area contributed by atoms with E-state index >= 15 is 0 Å². The van der Waals surface area contributed by atoms with Crippen LogP contribution in [0.1, 0.15) is 55.8 Å². The summed E-state index contributed by atoms with van der Waals surface area (Å²) in [5.41, 5.74) is 4.08. The van der Waals surface area contributed by atoms with Crippen LogP contribution < -0.4 is 10.1 Å². The van der Waals surface area contributed by atoms with Crippen molar-refractivity contribution in [3.63, 3.8) is 0 Å². The summed E-state index contributed by atoms with van der Waals surface area (Å²) in [7, 11) is 0. The molecule has 2 N–H and O–H groups in total. The van der Waals surface area contributed by atoms with Crippen molar-refractivity contribution in [1.29, 1.82) is 5.26 Å². The van der Waals surface area contributed by atoms with Crippen molar-refractivity contribution in [3.05, 3.63) is 53.1 Å². The van der Waals surface area contributed by atoms with Gasteiger partial charge in [0.15, 0.2) is 0 Å². The molecule has 0 saturated carbocycles. The second-order valence-corrected chi connectivity index (χ2v) is 9.57. The Labute approximate surface area is 209 Å². The topological polar surface area (TPSA) is 125 Å². The maximum Gasteiger partial charge on any atom is 0.317 e. The Kier molecular flexibility index (Phi) is 6.61. The number of rotatable bonds is 5. The van der Waals surface area contributed by atoms with Crippen molar-refractivity contribution < 1.29 is 19.2 Å². The first kappa shape index (κ1) is 23.8. The average Bonchev–Trinajstić information content (AvgIpc) is 3.53. The molecule has 0 bridgehead atoms. The Balaban J connectivity index is 1.40. The number of nitriles is 1. The lowest BCUT2D eigenvalue weighted by Gasteiger charge is -2.29. The number of hydrogen-bond acceptors (Lipinski definition) is 7. The molecular weight excluding hydrogens is 458 g/mol. The SMILES string of the molecule is CC(C)Oc1ccc(-c2nc(-c3cccc4c3CCC[C@H]4NC(=O)N3CC[C@H](O)C3)no2)cc1C#N. The van der Waals surface area contributed by atoms with Crippen LogP contribution in [0.3, 0.4) is 0 Å². The third kappa shape index (κ3) is 4.77. The molecule has 186 valence electrons. The van der Waals surface area contributed by atoms with Crippen molar-refractivity contribution in [2.45, 2.75) is 57.8 Å². The molecule has 2 heterocycles. The molecule has 9 nitrogen and oxygen atoms in total. The van der Waals surface area contributed by atoms with Crippen LogP contribution in [0, 0.1) is 11.3 Å². The van der Waals surface area contributed by atoms with Gasteiger partial charge >= 0.3 is 6.03 Å². The van der Waals surface area contributed by atoms with Gasteiger partial charge in [0.1, 0.15) is 11.8 Å². The van der Waals surface area contributed by atoms with E-state index in [1.165, 1.54) is 0 Å². The first-order valence-electron chi connectivity index (χ1n) is 12.3. The number of fused-ring (bicyclic) bond motifs is 1. The number of amides is 2. The number of ether oxygens (including phenoxy) is 1. The first-order valence-corrected chi connectivity index (χ1v) is 12.3. The molecule has 1 aliphatic heterocycles. The second-order valence-electron chi connectivity index (χ2n) is 9.57. The molecule has 9 heteroatoms. The number of aliphatic hydroxyl groups is 1. The third-order valence-corrected chi connectivity index (χ3v) is 6.63. The van der Waals surface area contributed by atoms with Crippen molar-refractivity contribution in [1.82, 2.24) is 20.4 Å². The molecule has 0 radical (unpaired) electrons. The fourth-order valence-electron chi connectivity index (χ4n) is 4.93. The molecule has 36 heavy (non-hydrogen) atoms. The molecule has 2 atom stereocenters. The van der Waals surface area contributed by atoms with Crippen LogP contribution in [0.4, 0.5) is 4.79 Å². The molecule has 2 amide bonds. The van der Waals surface area contributed by atoms with E-state index in [9.17, 15) is 15.2 Å². The smallest absolute Gasteiger partial charge is 0.317 e. The minimum Gasteiger partial charge on any atom is -0.490 e. The van der Waals surface area contributed by atoms with Crippen LogP contribution in [0.5, 0.6) is 5.75 Å². The highest BCUT2D eigenvalue weighted by Crippen LogP contribution is 2.36. The van der Waals surface area contributed by atoms with Crippen molar-refractivity contribution in [2.75, 3.05) is 13.1 Å². The Morgan fingerprint density at radius 3 is 2.92 bits per heavy atom. The van der Waals surface area contributed by atoms with Crippen molar-refractivity contribution in [3.8, 4) is 34.7 Å². The summed E-state index contributed by atoms with van der Waals surface area (Å²) in [4.78, 5) is 19.1. The van der Waals surface area contributed by atoms with Crippen LogP contribution in [-0.2, 0) is 6.42 Å². The third-order valence-electron chi connectivity index (χ3n) is 6.63. The van der Waals surface area contributed by atoms with Gasteiger partial charge in [-0.3, -0.25) is 0 Å². The summed E-state index contributed by atoms with van der Waals surface area (Å²) in [6, 6.07) is 13.1. The molecule has 1 fully saturated rings. The summed E-state index contributed by atoms with van der Waals surface area (Å²) in [6.07, 6.45) is 2.74. The Bertz CT molecular complexity index is 1310. The number of urea groups is 1. The van der Waals surface area contributed by atoms with E-state index in [2.05, 4.69) is 21.5 Å². The predicted octanol–water partition coefficient (Wildman–Crippen LogP) is 4.22. The number of aliphatic hydroxyl groups excluding tert-OH is 1. The highest BCUT2D eigenvalue weighted by molar-refractivity contribution is 5.75. The maximum atomic E-state index is 12.8. The Morgan fingerprint density at radius 2 is 2.17 bits per heavy atom. The lowest BCUT2D eigenvalue weighted by Crippen LogP contribution is -2.41. The first-order chi connectivity index (χ1) is 17.4. The number of carbonyl (C=O) groups is 1. The standard InChI is InChI=1S/C27H29N5O4/c1-16(2)35-24-10-9-17(13-18(24)14-28)26-30-25(31-36-26)22-7-3-6-21-20(22)5-4-8-23(21)29-27(34)32-12-11-19(33)15-32/h3,6-7,9-10,13,16,19,23,33H,4-5,8,11-12,15H2,1-2H3,(H,29,34)/t19-,23+/m0/s1. The molecule has 5 rings (SSSR count). The number of β-amino-alcohol motifs (C(OH)–C–C–N with tert-alkyl or cyclic N) is 1. The van der Waals surface area contributed by atoms with E-state index in [1.54, 1.807) is 23.1 Å². The van der Waals surface area contributed by atoms with Crippen molar-refractivity contribution >= 4 is 6.03 Å². The maximum absolute atomic E-state index is 12.8.